The molecule has 0 bridgehead atoms. The normalized spacial score (nSPS) is 10.9. The van der Waals surface area contributed by atoms with E-state index in [1.54, 1.807) is 7.11 Å². The molecule has 0 radical (unpaired) electrons. The van der Waals surface area contributed by atoms with E-state index in [9.17, 15) is 0 Å². The molecule has 0 spiro atoms. The van der Waals surface area contributed by atoms with Gasteiger partial charge in [-0.2, -0.15) is 0 Å². The number of ether oxygens (including phenoxy) is 3. The van der Waals surface area contributed by atoms with Crippen molar-refractivity contribution in [2.75, 3.05) is 26.9 Å². The minimum atomic E-state index is 0.505. The summed E-state index contributed by atoms with van der Waals surface area (Å²) in [6.07, 6.45) is 3.30. The summed E-state index contributed by atoms with van der Waals surface area (Å²) in [6.45, 7) is 8.02. The van der Waals surface area contributed by atoms with E-state index in [-0.39, 0.29) is 0 Å². The molecular formula is C23H32BrNO3. The first-order valence-corrected chi connectivity index (χ1v) is 10.8. The Morgan fingerprint density at radius 3 is 2.46 bits per heavy atom. The molecule has 5 heteroatoms. The second-order valence-electron chi connectivity index (χ2n) is 6.83. The highest BCUT2D eigenvalue weighted by molar-refractivity contribution is 9.10. The van der Waals surface area contributed by atoms with Crippen LogP contribution in [0.2, 0.25) is 0 Å². The van der Waals surface area contributed by atoms with Crippen molar-refractivity contribution in [3.05, 3.63) is 57.6 Å². The molecule has 0 aliphatic carbocycles. The lowest BCUT2D eigenvalue weighted by Gasteiger charge is -2.17. The summed E-state index contributed by atoms with van der Waals surface area (Å²) in [7, 11) is 1.67. The summed E-state index contributed by atoms with van der Waals surface area (Å²) in [5, 5.41) is 3.49. The summed E-state index contributed by atoms with van der Waals surface area (Å²) in [6, 6.07) is 12.3. The maximum atomic E-state index is 6.17. The minimum absolute atomic E-state index is 0.505. The van der Waals surface area contributed by atoms with E-state index in [1.165, 1.54) is 12.0 Å². The molecular weight excluding hydrogens is 418 g/mol. The smallest absolute Gasteiger partial charge is 0.167 e. The maximum Gasteiger partial charge on any atom is 0.167 e. The third-order valence-electron chi connectivity index (χ3n) is 4.48. The van der Waals surface area contributed by atoms with Crippen molar-refractivity contribution in [1.29, 1.82) is 0 Å². The lowest BCUT2D eigenvalue weighted by molar-refractivity contribution is 0.128. The van der Waals surface area contributed by atoms with E-state index in [0.29, 0.717) is 13.2 Å². The lowest BCUT2D eigenvalue weighted by atomic mass is 10.1. The van der Waals surface area contributed by atoms with Crippen molar-refractivity contribution in [3.63, 3.8) is 0 Å². The number of hydrogen-bond donors (Lipinski definition) is 1. The molecule has 2 aromatic carbocycles. The number of unbranched alkanes of at least 4 members (excludes halogenated alkanes) is 1. The number of benzene rings is 2. The Hall–Kier alpha value is -1.56. The van der Waals surface area contributed by atoms with Crippen LogP contribution in [0.1, 0.15) is 42.9 Å². The fourth-order valence-corrected chi connectivity index (χ4v) is 3.22. The number of nitrogens with one attached hydrogen (secondary N) is 1. The first-order chi connectivity index (χ1) is 13.7. The predicted molar refractivity (Wildman–Crippen MR) is 118 cm³/mol. The fourth-order valence-electron chi connectivity index (χ4n) is 2.77. The zero-order valence-electron chi connectivity index (χ0n) is 17.2. The van der Waals surface area contributed by atoms with Gasteiger partial charge in [0.15, 0.2) is 11.5 Å². The molecule has 2 aromatic rings. The predicted octanol–water partition coefficient (Wildman–Crippen LogP) is 5.64. The molecule has 0 atom stereocenters. The Balaban J connectivity index is 1.93. The van der Waals surface area contributed by atoms with Gasteiger partial charge in [-0.3, -0.25) is 0 Å². The van der Waals surface area contributed by atoms with Crippen molar-refractivity contribution in [3.8, 4) is 11.5 Å². The fraction of sp³-hybridized carbons (Fsp3) is 0.478. The van der Waals surface area contributed by atoms with Gasteiger partial charge in [0.05, 0.1) is 7.11 Å². The summed E-state index contributed by atoms with van der Waals surface area (Å²) in [5.41, 5.74) is 3.45. The lowest BCUT2D eigenvalue weighted by Crippen LogP contribution is -2.18. The number of hydrogen-bond acceptors (Lipinski definition) is 4. The number of halogens is 1. The van der Waals surface area contributed by atoms with Crippen LogP contribution < -0.4 is 14.8 Å². The summed E-state index contributed by atoms with van der Waals surface area (Å²) in [4.78, 5) is 0. The average Bonchev–Trinajstić information content (AvgIpc) is 2.71. The molecule has 1 N–H and O–H groups in total. The van der Waals surface area contributed by atoms with E-state index < -0.39 is 0 Å². The van der Waals surface area contributed by atoms with Gasteiger partial charge < -0.3 is 19.5 Å². The average molecular weight is 450 g/mol. The third kappa shape index (κ3) is 7.46. The van der Waals surface area contributed by atoms with Crippen LogP contribution in [0.3, 0.4) is 0 Å². The third-order valence-corrected chi connectivity index (χ3v) is 5.22. The number of aryl methyl sites for hydroxylation is 1. The van der Waals surface area contributed by atoms with Crippen molar-refractivity contribution in [2.24, 2.45) is 0 Å². The van der Waals surface area contributed by atoms with E-state index >= 15 is 0 Å². The number of methoxy groups -OCH3 is 1. The van der Waals surface area contributed by atoms with Crippen LogP contribution in [0.25, 0.3) is 0 Å². The standard InChI is InChI=1S/C23H32BrNO3/c1-4-5-14-27-15-6-13-25-16-20-21(24)11-12-22(26-3)23(20)28-17-19-9-7-18(2)8-10-19/h7-12,25H,4-6,13-17H2,1-3H3. The second kappa shape index (κ2) is 12.8. The Labute approximate surface area is 177 Å². The first-order valence-electron chi connectivity index (χ1n) is 9.97. The minimum Gasteiger partial charge on any atom is -0.493 e. The summed E-state index contributed by atoms with van der Waals surface area (Å²) >= 11 is 3.66. The van der Waals surface area contributed by atoms with Crippen LogP contribution in [0.5, 0.6) is 11.5 Å². The van der Waals surface area contributed by atoms with Crippen molar-refractivity contribution in [1.82, 2.24) is 5.32 Å². The SMILES string of the molecule is CCCCOCCCNCc1c(Br)ccc(OC)c1OCc1ccc(C)cc1. The monoisotopic (exact) mass is 449 g/mol. The van der Waals surface area contributed by atoms with Crippen molar-refractivity contribution in [2.45, 2.75) is 46.3 Å². The molecule has 4 nitrogen and oxygen atoms in total. The molecule has 28 heavy (non-hydrogen) atoms. The molecule has 2 rings (SSSR count). The van der Waals surface area contributed by atoms with Crippen molar-refractivity contribution < 1.29 is 14.2 Å². The molecule has 0 saturated carbocycles. The highest BCUT2D eigenvalue weighted by Gasteiger charge is 2.14. The van der Waals surface area contributed by atoms with E-state index in [0.717, 1.165) is 59.7 Å². The van der Waals surface area contributed by atoms with Gasteiger partial charge in [-0.15, -0.1) is 0 Å². The second-order valence-corrected chi connectivity index (χ2v) is 7.68. The molecule has 0 fully saturated rings. The summed E-state index contributed by atoms with van der Waals surface area (Å²) < 4.78 is 18.3. The molecule has 0 saturated heterocycles. The van der Waals surface area contributed by atoms with E-state index in [1.807, 2.05) is 12.1 Å². The van der Waals surface area contributed by atoms with Crippen LogP contribution in [0.4, 0.5) is 0 Å². The zero-order chi connectivity index (χ0) is 20.2. The molecule has 0 aromatic heterocycles. The Morgan fingerprint density at radius 2 is 1.75 bits per heavy atom. The van der Waals surface area contributed by atoms with Gasteiger partial charge in [-0.05, 0) is 44.0 Å². The maximum absolute atomic E-state index is 6.17. The molecule has 0 amide bonds. The topological polar surface area (TPSA) is 39.7 Å². The van der Waals surface area contributed by atoms with Crippen LogP contribution in [0, 0.1) is 6.92 Å². The van der Waals surface area contributed by atoms with E-state index in [2.05, 4.69) is 59.4 Å². The van der Waals surface area contributed by atoms with Crippen molar-refractivity contribution >= 4 is 15.9 Å². The van der Waals surface area contributed by atoms with Crippen LogP contribution in [0.15, 0.2) is 40.9 Å². The Morgan fingerprint density at radius 1 is 1.00 bits per heavy atom. The highest BCUT2D eigenvalue weighted by Crippen LogP contribution is 2.36. The zero-order valence-corrected chi connectivity index (χ0v) is 18.8. The van der Waals surface area contributed by atoms with Crippen LogP contribution in [-0.2, 0) is 17.9 Å². The van der Waals surface area contributed by atoms with Gasteiger partial charge in [0.2, 0.25) is 0 Å². The summed E-state index contributed by atoms with van der Waals surface area (Å²) in [5.74, 6) is 1.53. The van der Waals surface area contributed by atoms with Gasteiger partial charge in [0.1, 0.15) is 6.61 Å². The first kappa shape index (κ1) is 22.7. The molecule has 0 unspecified atom stereocenters. The largest absolute Gasteiger partial charge is 0.493 e. The molecule has 0 aliphatic rings. The molecule has 0 heterocycles. The van der Waals surface area contributed by atoms with Gasteiger partial charge in [0, 0.05) is 29.8 Å². The van der Waals surface area contributed by atoms with Gasteiger partial charge in [0.25, 0.3) is 0 Å². The van der Waals surface area contributed by atoms with Gasteiger partial charge >= 0.3 is 0 Å². The Bertz CT molecular complexity index is 704. The van der Waals surface area contributed by atoms with Crippen LogP contribution in [-0.4, -0.2) is 26.9 Å². The van der Waals surface area contributed by atoms with E-state index in [4.69, 9.17) is 14.2 Å². The van der Waals surface area contributed by atoms with Gasteiger partial charge in [-0.1, -0.05) is 59.1 Å². The highest BCUT2D eigenvalue weighted by atomic mass is 79.9. The Kier molecular flexibility index (Phi) is 10.4. The van der Waals surface area contributed by atoms with Crippen LogP contribution >= 0.6 is 15.9 Å². The number of rotatable bonds is 13. The van der Waals surface area contributed by atoms with Gasteiger partial charge in [-0.25, -0.2) is 0 Å². The quantitative estimate of drug-likeness (QED) is 0.401. The molecule has 154 valence electrons. The molecule has 0 aliphatic heterocycles.